The first-order valence-electron chi connectivity index (χ1n) is 7.47. The maximum Gasteiger partial charge on any atom is 0.0900 e. The summed E-state index contributed by atoms with van der Waals surface area (Å²) >= 11 is 0. The number of unbranched alkanes of at least 4 members (excludes halogenated alkanes) is 1. The molecule has 0 aromatic heterocycles. The summed E-state index contributed by atoms with van der Waals surface area (Å²) in [5.74, 6) is 0. The molecular formula is C14H30N2O2. The molecule has 0 aliphatic carbocycles. The van der Waals surface area contributed by atoms with Crippen LogP contribution in [0.15, 0.2) is 0 Å². The zero-order chi connectivity index (χ0) is 13.2. The highest BCUT2D eigenvalue weighted by atomic mass is 16.5. The standard InChI is InChI=1S/C14H30N2O2/c1-3-5-9-18-12-14(17)11-16(4-2)10-13-7-6-8-15-13/h13-15,17H,3-12H2,1-2H3. The highest BCUT2D eigenvalue weighted by Gasteiger charge is 2.18. The summed E-state index contributed by atoms with van der Waals surface area (Å²) in [6, 6.07) is 0.609. The molecule has 0 spiro atoms. The van der Waals surface area contributed by atoms with Crippen LogP contribution in [0.2, 0.25) is 0 Å². The molecule has 4 nitrogen and oxygen atoms in total. The van der Waals surface area contributed by atoms with Gasteiger partial charge in [-0.2, -0.15) is 0 Å². The van der Waals surface area contributed by atoms with Crippen molar-refractivity contribution in [3.8, 4) is 0 Å². The second kappa shape index (κ2) is 9.73. The third kappa shape index (κ3) is 6.69. The van der Waals surface area contributed by atoms with Gasteiger partial charge in [0.05, 0.1) is 12.7 Å². The van der Waals surface area contributed by atoms with E-state index in [0.717, 1.165) is 45.6 Å². The van der Waals surface area contributed by atoms with Gasteiger partial charge in [0.1, 0.15) is 0 Å². The molecular weight excluding hydrogens is 228 g/mol. The average Bonchev–Trinajstić information content (AvgIpc) is 2.86. The van der Waals surface area contributed by atoms with Crippen LogP contribution in [-0.2, 0) is 4.74 Å². The molecule has 1 heterocycles. The number of hydrogen-bond donors (Lipinski definition) is 2. The number of rotatable bonds is 10. The van der Waals surface area contributed by atoms with Crippen molar-refractivity contribution in [1.82, 2.24) is 10.2 Å². The molecule has 0 radical (unpaired) electrons. The molecule has 0 aromatic rings. The Hall–Kier alpha value is -0.160. The lowest BCUT2D eigenvalue weighted by molar-refractivity contribution is 0.0155. The van der Waals surface area contributed by atoms with Crippen LogP contribution in [0, 0.1) is 0 Å². The Labute approximate surface area is 112 Å². The molecule has 18 heavy (non-hydrogen) atoms. The van der Waals surface area contributed by atoms with Gasteiger partial charge in [-0.15, -0.1) is 0 Å². The van der Waals surface area contributed by atoms with Gasteiger partial charge < -0.3 is 15.2 Å². The van der Waals surface area contributed by atoms with Crippen LogP contribution >= 0.6 is 0 Å². The predicted octanol–water partition coefficient (Wildman–Crippen LogP) is 1.24. The van der Waals surface area contributed by atoms with Crippen molar-refractivity contribution in [3.63, 3.8) is 0 Å². The largest absolute Gasteiger partial charge is 0.389 e. The minimum Gasteiger partial charge on any atom is -0.389 e. The second-order valence-corrected chi connectivity index (χ2v) is 5.23. The fourth-order valence-electron chi connectivity index (χ4n) is 2.37. The van der Waals surface area contributed by atoms with Crippen LogP contribution in [0.25, 0.3) is 0 Å². The van der Waals surface area contributed by atoms with E-state index in [9.17, 15) is 5.11 Å². The highest BCUT2D eigenvalue weighted by Crippen LogP contribution is 2.07. The van der Waals surface area contributed by atoms with Gasteiger partial charge in [-0.25, -0.2) is 0 Å². The molecule has 108 valence electrons. The summed E-state index contributed by atoms with van der Waals surface area (Å²) in [6.07, 6.45) is 4.41. The van der Waals surface area contributed by atoms with Gasteiger partial charge in [-0.1, -0.05) is 20.3 Å². The van der Waals surface area contributed by atoms with Crippen LogP contribution in [0.1, 0.15) is 39.5 Å². The van der Waals surface area contributed by atoms with Gasteiger partial charge in [0.15, 0.2) is 0 Å². The molecule has 4 heteroatoms. The van der Waals surface area contributed by atoms with Crippen LogP contribution in [0.3, 0.4) is 0 Å². The number of nitrogens with one attached hydrogen (secondary N) is 1. The van der Waals surface area contributed by atoms with E-state index in [-0.39, 0.29) is 6.10 Å². The van der Waals surface area contributed by atoms with Crippen molar-refractivity contribution in [2.45, 2.75) is 51.7 Å². The fourth-order valence-corrected chi connectivity index (χ4v) is 2.37. The minimum absolute atomic E-state index is 0.358. The average molecular weight is 258 g/mol. The smallest absolute Gasteiger partial charge is 0.0900 e. The van der Waals surface area contributed by atoms with Gasteiger partial charge in [-0.3, -0.25) is 4.90 Å². The van der Waals surface area contributed by atoms with Crippen molar-refractivity contribution in [2.75, 3.05) is 39.4 Å². The zero-order valence-electron chi connectivity index (χ0n) is 12.0. The Balaban J connectivity index is 2.11. The number of aliphatic hydroxyl groups is 1. The molecule has 1 aliphatic rings. The number of likely N-dealkylation sites (N-methyl/N-ethyl adjacent to an activating group) is 1. The molecule has 1 rings (SSSR count). The van der Waals surface area contributed by atoms with E-state index >= 15 is 0 Å². The van der Waals surface area contributed by atoms with E-state index in [2.05, 4.69) is 24.1 Å². The third-order valence-electron chi connectivity index (χ3n) is 3.51. The monoisotopic (exact) mass is 258 g/mol. The first kappa shape index (κ1) is 15.9. The SMILES string of the molecule is CCCCOCC(O)CN(CC)CC1CCCN1. The third-order valence-corrected chi connectivity index (χ3v) is 3.51. The fraction of sp³-hybridized carbons (Fsp3) is 1.00. The summed E-state index contributed by atoms with van der Waals surface area (Å²) in [5.41, 5.74) is 0. The van der Waals surface area contributed by atoms with Crippen LogP contribution in [-0.4, -0.2) is 61.5 Å². The molecule has 1 aliphatic heterocycles. The Morgan fingerprint density at radius 2 is 2.28 bits per heavy atom. The maximum atomic E-state index is 9.94. The summed E-state index contributed by atoms with van der Waals surface area (Å²) < 4.78 is 5.46. The zero-order valence-corrected chi connectivity index (χ0v) is 12.0. The van der Waals surface area contributed by atoms with Gasteiger partial charge in [-0.05, 0) is 32.4 Å². The number of aliphatic hydroxyl groups excluding tert-OH is 1. The lowest BCUT2D eigenvalue weighted by Gasteiger charge is -2.26. The lowest BCUT2D eigenvalue weighted by atomic mass is 10.2. The molecule has 0 bridgehead atoms. The van der Waals surface area contributed by atoms with E-state index in [4.69, 9.17) is 4.74 Å². The van der Waals surface area contributed by atoms with Crippen molar-refractivity contribution >= 4 is 0 Å². The van der Waals surface area contributed by atoms with E-state index in [1.807, 2.05) is 0 Å². The molecule has 2 atom stereocenters. The Bertz CT molecular complexity index is 196. The van der Waals surface area contributed by atoms with Crippen LogP contribution in [0.4, 0.5) is 0 Å². The summed E-state index contributed by atoms with van der Waals surface area (Å²) in [6.45, 7) is 9.43. The number of ether oxygens (including phenoxy) is 1. The Morgan fingerprint density at radius 3 is 2.89 bits per heavy atom. The maximum absolute atomic E-state index is 9.94. The van der Waals surface area contributed by atoms with E-state index in [1.165, 1.54) is 12.8 Å². The van der Waals surface area contributed by atoms with Crippen molar-refractivity contribution in [3.05, 3.63) is 0 Å². The van der Waals surface area contributed by atoms with Gasteiger partial charge in [0, 0.05) is 25.7 Å². The highest BCUT2D eigenvalue weighted by molar-refractivity contribution is 4.78. The lowest BCUT2D eigenvalue weighted by Crippen LogP contribution is -2.42. The van der Waals surface area contributed by atoms with Gasteiger partial charge in [0.2, 0.25) is 0 Å². The normalized spacial score (nSPS) is 21.7. The topological polar surface area (TPSA) is 44.7 Å². The second-order valence-electron chi connectivity index (χ2n) is 5.23. The first-order chi connectivity index (χ1) is 8.76. The molecule has 1 fully saturated rings. The Morgan fingerprint density at radius 1 is 1.44 bits per heavy atom. The summed E-state index contributed by atoms with van der Waals surface area (Å²) in [5, 5.41) is 13.4. The molecule has 1 saturated heterocycles. The Kier molecular flexibility index (Phi) is 8.59. The van der Waals surface area contributed by atoms with Crippen LogP contribution < -0.4 is 5.32 Å². The molecule has 0 aromatic carbocycles. The quantitative estimate of drug-likeness (QED) is 0.579. The van der Waals surface area contributed by atoms with Crippen molar-refractivity contribution in [1.29, 1.82) is 0 Å². The molecule has 0 saturated carbocycles. The van der Waals surface area contributed by atoms with E-state index in [1.54, 1.807) is 0 Å². The van der Waals surface area contributed by atoms with Gasteiger partial charge >= 0.3 is 0 Å². The van der Waals surface area contributed by atoms with Crippen molar-refractivity contribution < 1.29 is 9.84 Å². The summed E-state index contributed by atoms with van der Waals surface area (Å²) in [4.78, 5) is 2.32. The van der Waals surface area contributed by atoms with E-state index in [0.29, 0.717) is 12.6 Å². The van der Waals surface area contributed by atoms with Gasteiger partial charge in [0.25, 0.3) is 0 Å². The molecule has 0 amide bonds. The van der Waals surface area contributed by atoms with E-state index < -0.39 is 0 Å². The minimum atomic E-state index is -0.358. The first-order valence-corrected chi connectivity index (χ1v) is 7.47. The van der Waals surface area contributed by atoms with Crippen molar-refractivity contribution in [2.24, 2.45) is 0 Å². The van der Waals surface area contributed by atoms with Crippen LogP contribution in [0.5, 0.6) is 0 Å². The predicted molar refractivity (Wildman–Crippen MR) is 74.9 cm³/mol. The molecule has 2 unspecified atom stereocenters. The molecule has 2 N–H and O–H groups in total. The number of hydrogen-bond acceptors (Lipinski definition) is 4. The number of nitrogens with zero attached hydrogens (tertiary/aromatic N) is 1. The summed E-state index contributed by atoms with van der Waals surface area (Å²) in [7, 11) is 0.